The van der Waals surface area contributed by atoms with Crippen LogP contribution in [0.1, 0.15) is 58.4 Å². The lowest BCUT2D eigenvalue weighted by molar-refractivity contribution is -0.121. The van der Waals surface area contributed by atoms with Crippen molar-refractivity contribution in [2.75, 3.05) is 17.1 Å². The van der Waals surface area contributed by atoms with E-state index in [0.29, 0.717) is 5.69 Å². The van der Waals surface area contributed by atoms with Gasteiger partial charge in [-0.1, -0.05) is 51.8 Å². The molecule has 25 heavy (non-hydrogen) atoms. The van der Waals surface area contributed by atoms with Crippen LogP contribution in [0, 0.1) is 0 Å². The van der Waals surface area contributed by atoms with Crippen LogP contribution in [0.2, 0.25) is 0 Å². The standard InChI is InChI=1S/C19H30N2O3S/c1-19(2,3)16-11-7-8-12-17(16)21(25(4,23)24)14-13-18(22)20-15-9-5-6-10-15/h7-8,11-12,15H,5-6,9-10,13-14H2,1-4H3,(H,20,22). The van der Waals surface area contributed by atoms with Crippen molar-refractivity contribution in [1.82, 2.24) is 5.32 Å². The third-order valence-corrected chi connectivity index (χ3v) is 5.82. The molecular formula is C19H30N2O3S. The summed E-state index contributed by atoms with van der Waals surface area (Å²) in [4.78, 5) is 12.2. The van der Waals surface area contributed by atoms with E-state index in [1.54, 1.807) is 0 Å². The molecule has 0 bridgehead atoms. The zero-order valence-corrected chi connectivity index (χ0v) is 16.5. The SMILES string of the molecule is CC(C)(C)c1ccccc1N(CCC(=O)NC1CCCC1)S(C)(=O)=O. The van der Waals surface area contributed by atoms with Crippen LogP contribution in [0.3, 0.4) is 0 Å². The lowest BCUT2D eigenvalue weighted by atomic mass is 9.86. The molecule has 1 aromatic carbocycles. The highest BCUT2D eigenvalue weighted by atomic mass is 32.2. The summed E-state index contributed by atoms with van der Waals surface area (Å²) in [6.07, 6.45) is 5.71. The summed E-state index contributed by atoms with van der Waals surface area (Å²) < 4.78 is 26.1. The van der Waals surface area contributed by atoms with Crippen LogP contribution in [-0.4, -0.2) is 33.2 Å². The fourth-order valence-corrected chi connectivity index (χ4v) is 4.30. The Morgan fingerprint density at radius 3 is 2.36 bits per heavy atom. The minimum atomic E-state index is -3.47. The number of benzene rings is 1. The van der Waals surface area contributed by atoms with E-state index in [1.165, 1.54) is 10.6 Å². The monoisotopic (exact) mass is 366 g/mol. The van der Waals surface area contributed by atoms with Gasteiger partial charge in [0.05, 0.1) is 11.9 Å². The van der Waals surface area contributed by atoms with E-state index < -0.39 is 10.0 Å². The summed E-state index contributed by atoms with van der Waals surface area (Å²) in [6.45, 7) is 6.32. The number of hydrogen-bond acceptors (Lipinski definition) is 3. The van der Waals surface area contributed by atoms with Crippen LogP contribution in [0.5, 0.6) is 0 Å². The normalized spacial score (nSPS) is 16.0. The highest BCUT2D eigenvalue weighted by Gasteiger charge is 2.26. The number of carbonyl (C=O) groups is 1. The second-order valence-corrected chi connectivity index (χ2v) is 9.81. The molecule has 0 radical (unpaired) electrons. The lowest BCUT2D eigenvalue weighted by Crippen LogP contribution is -2.38. The quantitative estimate of drug-likeness (QED) is 0.841. The highest BCUT2D eigenvalue weighted by Crippen LogP contribution is 2.33. The summed E-state index contributed by atoms with van der Waals surface area (Å²) in [5.41, 5.74) is 1.42. The average molecular weight is 367 g/mol. The summed E-state index contributed by atoms with van der Waals surface area (Å²) in [5, 5.41) is 3.02. The third kappa shape index (κ3) is 5.46. The molecule has 1 amide bonds. The van der Waals surface area contributed by atoms with E-state index in [9.17, 15) is 13.2 Å². The summed E-state index contributed by atoms with van der Waals surface area (Å²) >= 11 is 0. The van der Waals surface area contributed by atoms with Crippen molar-refractivity contribution in [1.29, 1.82) is 0 Å². The Morgan fingerprint density at radius 1 is 1.20 bits per heavy atom. The molecule has 1 N–H and O–H groups in total. The first kappa shape index (κ1) is 19.8. The van der Waals surface area contributed by atoms with Gasteiger partial charge < -0.3 is 5.32 Å². The molecule has 0 unspecified atom stereocenters. The first-order valence-electron chi connectivity index (χ1n) is 8.95. The predicted octanol–water partition coefficient (Wildman–Crippen LogP) is 3.20. The first-order chi connectivity index (χ1) is 11.6. The number of nitrogens with one attached hydrogen (secondary N) is 1. The molecule has 2 rings (SSSR count). The first-order valence-corrected chi connectivity index (χ1v) is 10.8. The average Bonchev–Trinajstić information content (AvgIpc) is 2.98. The lowest BCUT2D eigenvalue weighted by Gasteiger charge is -2.30. The van der Waals surface area contributed by atoms with E-state index in [-0.39, 0.29) is 30.3 Å². The smallest absolute Gasteiger partial charge is 0.232 e. The molecule has 1 saturated carbocycles. The van der Waals surface area contributed by atoms with Gasteiger partial charge in [-0.2, -0.15) is 0 Å². The minimum absolute atomic E-state index is 0.0752. The summed E-state index contributed by atoms with van der Waals surface area (Å²) in [6, 6.07) is 7.77. The molecule has 1 aromatic rings. The zero-order chi connectivity index (χ0) is 18.7. The molecule has 0 aromatic heterocycles. The maximum Gasteiger partial charge on any atom is 0.232 e. The van der Waals surface area contributed by atoms with Crippen molar-refractivity contribution in [2.24, 2.45) is 0 Å². The Morgan fingerprint density at radius 2 is 1.80 bits per heavy atom. The molecule has 140 valence electrons. The Kier molecular flexibility index (Phi) is 6.14. The molecule has 1 aliphatic rings. The molecule has 0 heterocycles. The van der Waals surface area contributed by atoms with Crippen molar-refractivity contribution in [3.63, 3.8) is 0 Å². The largest absolute Gasteiger partial charge is 0.353 e. The van der Waals surface area contributed by atoms with Gasteiger partial charge in [0.25, 0.3) is 0 Å². The van der Waals surface area contributed by atoms with Crippen LogP contribution < -0.4 is 9.62 Å². The number of nitrogens with zero attached hydrogens (tertiary/aromatic N) is 1. The van der Waals surface area contributed by atoms with Gasteiger partial charge in [0.15, 0.2) is 0 Å². The maximum atomic E-state index is 12.4. The second-order valence-electron chi connectivity index (χ2n) is 7.90. The number of hydrogen-bond donors (Lipinski definition) is 1. The van der Waals surface area contributed by atoms with E-state index in [1.807, 2.05) is 24.3 Å². The van der Waals surface area contributed by atoms with Crippen LogP contribution >= 0.6 is 0 Å². The van der Waals surface area contributed by atoms with Gasteiger partial charge in [0.1, 0.15) is 0 Å². The van der Waals surface area contributed by atoms with Crippen molar-refractivity contribution >= 4 is 21.6 Å². The van der Waals surface area contributed by atoms with E-state index in [2.05, 4.69) is 26.1 Å². The van der Waals surface area contributed by atoms with Gasteiger partial charge in [-0.25, -0.2) is 8.42 Å². The van der Waals surface area contributed by atoms with Crippen molar-refractivity contribution in [3.8, 4) is 0 Å². The van der Waals surface area contributed by atoms with Crippen LogP contribution in [0.25, 0.3) is 0 Å². The van der Waals surface area contributed by atoms with Gasteiger partial charge in [0, 0.05) is 19.0 Å². The fraction of sp³-hybridized carbons (Fsp3) is 0.632. The van der Waals surface area contributed by atoms with Gasteiger partial charge in [-0.05, 0) is 29.9 Å². The molecule has 0 atom stereocenters. The molecule has 1 aliphatic carbocycles. The van der Waals surface area contributed by atoms with Gasteiger partial charge in [-0.3, -0.25) is 9.10 Å². The molecule has 1 fully saturated rings. The fourth-order valence-electron chi connectivity index (χ4n) is 3.36. The molecular weight excluding hydrogens is 336 g/mol. The molecule has 0 aliphatic heterocycles. The Balaban J connectivity index is 2.17. The summed E-state index contributed by atoms with van der Waals surface area (Å²) in [7, 11) is -3.47. The maximum absolute atomic E-state index is 12.4. The number of sulfonamides is 1. The topological polar surface area (TPSA) is 66.5 Å². The van der Waals surface area contributed by atoms with Crippen LogP contribution in [0.4, 0.5) is 5.69 Å². The minimum Gasteiger partial charge on any atom is -0.353 e. The van der Waals surface area contributed by atoms with E-state index >= 15 is 0 Å². The number of rotatable bonds is 6. The number of anilines is 1. The van der Waals surface area contributed by atoms with Gasteiger partial charge in [-0.15, -0.1) is 0 Å². The van der Waals surface area contributed by atoms with E-state index in [0.717, 1.165) is 31.2 Å². The summed E-state index contributed by atoms with van der Waals surface area (Å²) in [5.74, 6) is -0.0752. The Hall–Kier alpha value is -1.56. The van der Waals surface area contributed by atoms with Crippen LogP contribution in [0.15, 0.2) is 24.3 Å². The predicted molar refractivity (Wildman–Crippen MR) is 102 cm³/mol. The van der Waals surface area contributed by atoms with Crippen molar-refractivity contribution < 1.29 is 13.2 Å². The van der Waals surface area contributed by atoms with Crippen LogP contribution in [-0.2, 0) is 20.2 Å². The number of carbonyl (C=O) groups excluding carboxylic acids is 1. The van der Waals surface area contributed by atoms with Gasteiger partial charge >= 0.3 is 0 Å². The molecule has 5 nitrogen and oxygen atoms in total. The van der Waals surface area contributed by atoms with Gasteiger partial charge in [0.2, 0.25) is 15.9 Å². The molecule has 0 spiro atoms. The van der Waals surface area contributed by atoms with E-state index in [4.69, 9.17) is 0 Å². The molecule has 0 saturated heterocycles. The zero-order valence-electron chi connectivity index (χ0n) is 15.7. The Bertz CT molecular complexity index is 702. The van der Waals surface area contributed by atoms with Crippen molar-refractivity contribution in [3.05, 3.63) is 29.8 Å². The molecule has 6 heteroatoms. The number of para-hydroxylation sites is 1. The van der Waals surface area contributed by atoms with Crippen molar-refractivity contribution in [2.45, 2.75) is 64.3 Å². The number of amides is 1. The highest BCUT2D eigenvalue weighted by molar-refractivity contribution is 7.92. The Labute approximate surface area is 151 Å². The third-order valence-electron chi connectivity index (χ3n) is 4.64. The second kappa shape index (κ2) is 7.77.